The Bertz CT molecular complexity index is 563. The molecule has 0 bridgehead atoms. The van der Waals surface area contributed by atoms with Crippen molar-refractivity contribution < 1.29 is 9.59 Å². The first-order valence-electron chi connectivity index (χ1n) is 5.44. The zero-order valence-electron chi connectivity index (χ0n) is 9.30. The number of carbonyl (C=O) groups excluding carboxylic acids is 2. The van der Waals surface area contributed by atoms with Crippen molar-refractivity contribution in [1.29, 1.82) is 0 Å². The summed E-state index contributed by atoms with van der Waals surface area (Å²) in [5, 5.41) is 2.15. The molecule has 17 heavy (non-hydrogen) atoms. The third-order valence-electron chi connectivity index (χ3n) is 2.85. The summed E-state index contributed by atoms with van der Waals surface area (Å²) in [4.78, 5) is 21.8. The minimum absolute atomic E-state index is 0.133. The highest BCUT2D eigenvalue weighted by atomic mass is 16.1. The number of nitrogens with two attached hydrogens (primary N) is 1. The van der Waals surface area contributed by atoms with E-state index >= 15 is 0 Å². The molecule has 86 valence electrons. The lowest BCUT2D eigenvalue weighted by atomic mass is 9.93. The third-order valence-corrected chi connectivity index (χ3v) is 2.85. The fraction of sp³-hybridized carbons (Fsp3) is 0.143. The first kappa shape index (κ1) is 11.3. The van der Waals surface area contributed by atoms with Crippen molar-refractivity contribution in [2.24, 2.45) is 5.73 Å². The van der Waals surface area contributed by atoms with Gasteiger partial charge in [-0.15, -0.1) is 0 Å². The van der Waals surface area contributed by atoms with E-state index in [-0.39, 0.29) is 6.42 Å². The van der Waals surface area contributed by atoms with Crippen molar-refractivity contribution in [3.63, 3.8) is 0 Å². The van der Waals surface area contributed by atoms with Gasteiger partial charge in [0, 0.05) is 6.42 Å². The van der Waals surface area contributed by atoms with E-state index in [0.29, 0.717) is 0 Å². The molecule has 2 aromatic rings. The minimum atomic E-state index is -0.530. The molecule has 3 nitrogen and oxygen atoms in total. The van der Waals surface area contributed by atoms with Gasteiger partial charge < -0.3 is 10.5 Å². The topological polar surface area (TPSA) is 60.2 Å². The second-order valence-corrected chi connectivity index (χ2v) is 3.96. The Morgan fingerprint density at radius 2 is 1.88 bits per heavy atom. The number of primary amides is 1. The lowest BCUT2D eigenvalue weighted by Gasteiger charge is -2.11. The van der Waals surface area contributed by atoms with Crippen LogP contribution in [0.3, 0.4) is 0 Å². The van der Waals surface area contributed by atoms with Gasteiger partial charge in [0.15, 0.2) is 0 Å². The van der Waals surface area contributed by atoms with E-state index in [1.54, 1.807) is 0 Å². The molecule has 0 aliphatic carbocycles. The van der Waals surface area contributed by atoms with E-state index in [2.05, 4.69) is 0 Å². The zero-order chi connectivity index (χ0) is 12.3. The normalized spacial score (nSPS) is 12.2. The molecule has 2 aromatic carbocycles. The Hall–Kier alpha value is -2.16. The molecule has 3 heteroatoms. The molecule has 0 saturated carbocycles. The summed E-state index contributed by atoms with van der Waals surface area (Å²) in [7, 11) is 0. The van der Waals surface area contributed by atoms with Crippen molar-refractivity contribution in [1.82, 2.24) is 0 Å². The number of hydrogen-bond acceptors (Lipinski definition) is 2. The van der Waals surface area contributed by atoms with Gasteiger partial charge in [-0.1, -0.05) is 42.5 Å². The second-order valence-electron chi connectivity index (χ2n) is 3.96. The summed E-state index contributed by atoms with van der Waals surface area (Å²) in [6.45, 7) is 0. The summed E-state index contributed by atoms with van der Waals surface area (Å²) in [5.74, 6) is -0.996. The summed E-state index contributed by atoms with van der Waals surface area (Å²) >= 11 is 0. The van der Waals surface area contributed by atoms with Crippen molar-refractivity contribution in [3.8, 4) is 0 Å². The van der Waals surface area contributed by atoms with E-state index in [1.165, 1.54) is 0 Å². The number of aldehydes is 1. The van der Waals surface area contributed by atoms with Crippen LogP contribution in [0.4, 0.5) is 0 Å². The van der Waals surface area contributed by atoms with E-state index in [9.17, 15) is 9.59 Å². The number of hydrogen-bond donors (Lipinski definition) is 1. The third kappa shape index (κ3) is 2.33. The van der Waals surface area contributed by atoms with Crippen LogP contribution in [0.15, 0.2) is 42.5 Å². The molecule has 1 amide bonds. The Morgan fingerprint density at radius 1 is 1.18 bits per heavy atom. The van der Waals surface area contributed by atoms with Gasteiger partial charge in [-0.25, -0.2) is 0 Å². The second kappa shape index (κ2) is 4.78. The molecule has 0 aromatic heterocycles. The number of amides is 1. The Labute approximate surface area is 99.2 Å². The van der Waals surface area contributed by atoms with Gasteiger partial charge in [-0.3, -0.25) is 4.79 Å². The molecule has 1 unspecified atom stereocenters. The van der Waals surface area contributed by atoms with Crippen LogP contribution in [0.25, 0.3) is 10.8 Å². The van der Waals surface area contributed by atoms with E-state index in [4.69, 9.17) is 5.73 Å². The molecule has 2 rings (SSSR count). The first-order chi connectivity index (χ1) is 8.22. The molecule has 1 atom stereocenters. The van der Waals surface area contributed by atoms with Crippen LogP contribution in [0, 0.1) is 0 Å². The molecule has 0 spiro atoms. The average Bonchev–Trinajstić information content (AvgIpc) is 2.35. The van der Waals surface area contributed by atoms with Crippen LogP contribution in [-0.4, -0.2) is 12.2 Å². The van der Waals surface area contributed by atoms with Crippen LogP contribution in [0.2, 0.25) is 0 Å². The number of benzene rings is 2. The molecular formula is C14H13NO2. The maximum atomic E-state index is 11.3. The highest BCUT2D eigenvalue weighted by molar-refractivity contribution is 5.88. The number of fused-ring (bicyclic) bond motifs is 1. The van der Waals surface area contributed by atoms with Gasteiger partial charge >= 0.3 is 0 Å². The lowest BCUT2D eigenvalue weighted by molar-refractivity contribution is -0.121. The molecule has 0 heterocycles. The summed E-state index contributed by atoms with van der Waals surface area (Å²) in [6.07, 6.45) is 0.859. The standard InChI is InChI=1S/C14H13NO2/c15-14(17)13(7-8-16)12-6-5-10-3-1-2-4-11(10)9-12/h1-6,8-9,13H,7H2,(H2,15,17). The van der Waals surface area contributed by atoms with Gasteiger partial charge in [-0.05, 0) is 16.3 Å². The zero-order valence-corrected chi connectivity index (χ0v) is 9.30. The fourth-order valence-electron chi connectivity index (χ4n) is 1.94. The van der Waals surface area contributed by atoms with Crippen molar-refractivity contribution in [2.75, 3.05) is 0 Å². The molecule has 0 aliphatic heterocycles. The van der Waals surface area contributed by atoms with E-state index in [1.807, 2.05) is 42.5 Å². The van der Waals surface area contributed by atoms with Crippen molar-refractivity contribution >= 4 is 23.0 Å². The van der Waals surface area contributed by atoms with Crippen LogP contribution in [0.5, 0.6) is 0 Å². The van der Waals surface area contributed by atoms with Gasteiger partial charge in [-0.2, -0.15) is 0 Å². The monoisotopic (exact) mass is 227 g/mol. The van der Waals surface area contributed by atoms with Crippen molar-refractivity contribution in [3.05, 3.63) is 48.0 Å². The average molecular weight is 227 g/mol. The largest absolute Gasteiger partial charge is 0.369 e. The minimum Gasteiger partial charge on any atom is -0.369 e. The van der Waals surface area contributed by atoms with E-state index < -0.39 is 11.8 Å². The first-order valence-corrected chi connectivity index (χ1v) is 5.44. The van der Waals surface area contributed by atoms with Gasteiger partial charge in [0.25, 0.3) is 0 Å². The van der Waals surface area contributed by atoms with Gasteiger partial charge in [0.05, 0.1) is 5.92 Å². The van der Waals surface area contributed by atoms with Gasteiger partial charge in [0.1, 0.15) is 6.29 Å². The summed E-state index contributed by atoms with van der Waals surface area (Å²) < 4.78 is 0. The highest BCUT2D eigenvalue weighted by Gasteiger charge is 2.17. The van der Waals surface area contributed by atoms with Crippen LogP contribution < -0.4 is 5.73 Å². The predicted molar refractivity (Wildman–Crippen MR) is 66.6 cm³/mol. The smallest absolute Gasteiger partial charge is 0.225 e. The van der Waals surface area contributed by atoms with Crippen LogP contribution >= 0.6 is 0 Å². The highest BCUT2D eigenvalue weighted by Crippen LogP contribution is 2.23. The maximum absolute atomic E-state index is 11.3. The van der Waals surface area contributed by atoms with E-state index in [0.717, 1.165) is 22.6 Å². The quantitative estimate of drug-likeness (QED) is 0.812. The van der Waals surface area contributed by atoms with Gasteiger partial charge in [0.2, 0.25) is 5.91 Å². The Balaban J connectivity index is 2.46. The molecular weight excluding hydrogens is 214 g/mol. The molecule has 0 fully saturated rings. The molecule has 0 radical (unpaired) electrons. The van der Waals surface area contributed by atoms with Crippen LogP contribution in [0.1, 0.15) is 17.9 Å². The number of rotatable bonds is 4. The summed E-state index contributed by atoms with van der Waals surface area (Å²) in [5.41, 5.74) is 6.10. The Kier molecular flexibility index (Phi) is 3.19. The number of carbonyl (C=O) groups is 2. The lowest BCUT2D eigenvalue weighted by Crippen LogP contribution is -2.21. The predicted octanol–water partition coefficient (Wildman–Crippen LogP) is 2.00. The Morgan fingerprint density at radius 3 is 2.53 bits per heavy atom. The van der Waals surface area contributed by atoms with Crippen molar-refractivity contribution in [2.45, 2.75) is 12.3 Å². The fourth-order valence-corrected chi connectivity index (χ4v) is 1.94. The molecule has 0 saturated heterocycles. The van der Waals surface area contributed by atoms with Crippen LogP contribution in [-0.2, 0) is 9.59 Å². The summed E-state index contributed by atoms with van der Waals surface area (Å²) in [6, 6.07) is 13.6. The SMILES string of the molecule is NC(=O)C(CC=O)c1ccc2ccccc2c1. The molecule has 0 aliphatic rings. The molecule has 2 N–H and O–H groups in total. The maximum Gasteiger partial charge on any atom is 0.225 e.